The summed E-state index contributed by atoms with van der Waals surface area (Å²) in [4.78, 5) is 0. The molecule has 0 radical (unpaired) electrons. The van der Waals surface area contributed by atoms with E-state index in [4.69, 9.17) is 16.3 Å². The zero-order valence-corrected chi connectivity index (χ0v) is 10.2. The third kappa shape index (κ3) is 2.62. The van der Waals surface area contributed by atoms with Gasteiger partial charge < -0.3 is 10.1 Å². The van der Waals surface area contributed by atoms with Gasteiger partial charge in [-0.3, -0.25) is 0 Å². The van der Waals surface area contributed by atoms with E-state index in [1.807, 2.05) is 31.3 Å². The maximum Gasteiger partial charge on any atom is 0.141 e. The number of hydrogen-bond acceptors (Lipinski definition) is 5. The Bertz CT molecular complexity index is 457. The van der Waals surface area contributed by atoms with Crippen molar-refractivity contribution in [3.8, 4) is 5.75 Å². The Kier molecular flexibility index (Phi) is 3.58. The lowest BCUT2D eigenvalue weighted by molar-refractivity contribution is 0.301. The highest BCUT2D eigenvalue weighted by molar-refractivity contribution is 7.10. The smallest absolute Gasteiger partial charge is 0.141 e. The van der Waals surface area contributed by atoms with Gasteiger partial charge in [0.15, 0.2) is 0 Å². The highest BCUT2D eigenvalue weighted by atomic mass is 35.5. The van der Waals surface area contributed by atoms with Crippen LogP contribution in [0.4, 0.5) is 5.69 Å². The molecule has 1 heterocycles. The first kappa shape index (κ1) is 11.2. The Morgan fingerprint density at radius 1 is 1.38 bits per heavy atom. The molecule has 0 saturated carbocycles. The molecule has 0 amide bonds. The maximum atomic E-state index is 5.86. The summed E-state index contributed by atoms with van der Waals surface area (Å²) in [7, 11) is 1.87. The zero-order valence-electron chi connectivity index (χ0n) is 8.61. The van der Waals surface area contributed by atoms with Gasteiger partial charge in [-0.1, -0.05) is 16.1 Å². The molecular formula is C10H10ClN3OS. The van der Waals surface area contributed by atoms with Crippen LogP contribution < -0.4 is 10.1 Å². The van der Waals surface area contributed by atoms with Gasteiger partial charge in [-0.25, -0.2) is 0 Å². The van der Waals surface area contributed by atoms with E-state index in [2.05, 4.69) is 14.9 Å². The summed E-state index contributed by atoms with van der Waals surface area (Å²) in [5.41, 5.74) is 1.71. The monoisotopic (exact) mass is 255 g/mol. The first-order valence-corrected chi connectivity index (χ1v) is 5.82. The fraction of sp³-hybridized carbons (Fsp3) is 0.200. The number of hydrogen-bond donors (Lipinski definition) is 1. The van der Waals surface area contributed by atoms with Gasteiger partial charge in [-0.2, -0.15) is 0 Å². The predicted octanol–water partition coefficient (Wildman–Crippen LogP) is 2.81. The lowest BCUT2D eigenvalue weighted by atomic mass is 10.3. The molecule has 0 aliphatic rings. The highest BCUT2D eigenvalue weighted by Crippen LogP contribution is 2.20. The molecule has 84 valence electrons. The van der Waals surface area contributed by atoms with Crippen LogP contribution in [0.15, 0.2) is 24.3 Å². The SMILES string of the molecule is CNc1ccc(OCc2nnsc2Cl)cc1. The second-order valence-electron chi connectivity index (χ2n) is 3.06. The fourth-order valence-corrected chi connectivity index (χ4v) is 1.75. The van der Waals surface area contributed by atoms with Crippen molar-refractivity contribution >= 4 is 28.8 Å². The van der Waals surface area contributed by atoms with Crippen LogP contribution in [-0.4, -0.2) is 16.6 Å². The molecule has 2 rings (SSSR count). The Balaban J connectivity index is 1.97. The summed E-state index contributed by atoms with van der Waals surface area (Å²) in [6.45, 7) is 0.342. The van der Waals surface area contributed by atoms with E-state index in [0.717, 1.165) is 23.0 Å². The predicted molar refractivity (Wildman–Crippen MR) is 65.2 cm³/mol. The first-order chi connectivity index (χ1) is 7.79. The average Bonchev–Trinajstić information content (AvgIpc) is 2.73. The van der Waals surface area contributed by atoms with E-state index in [1.54, 1.807) is 0 Å². The molecule has 0 bridgehead atoms. The van der Waals surface area contributed by atoms with Crippen LogP contribution in [0.1, 0.15) is 5.69 Å². The molecule has 0 fully saturated rings. The number of rotatable bonds is 4. The zero-order chi connectivity index (χ0) is 11.4. The number of aromatic nitrogens is 2. The van der Waals surface area contributed by atoms with Gasteiger partial charge in [0.05, 0.1) is 0 Å². The van der Waals surface area contributed by atoms with Crippen LogP contribution in [0.2, 0.25) is 4.34 Å². The second kappa shape index (κ2) is 5.14. The topological polar surface area (TPSA) is 47.0 Å². The van der Waals surface area contributed by atoms with Crippen molar-refractivity contribution < 1.29 is 4.74 Å². The van der Waals surface area contributed by atoms with E-state index in [1.165, 1.54) is 0 Å². The van der Waals surface area contributed by atoms with Crippen molar-refractivity contribution in [2.45, 2.75) is 6.61 Å². The van der Waals surface area contributed by atoms with E-state index in [0.29, 0.717) is 16.6 Å². The largest absolute Gasteiger partial charge is 0.487 e. The molecule has 0 spiro atoms. The van der Waals surface area contributed by atoms with Gasteiger partial charge in [0.1, 0.15) is 22.4 Å². The van der Waals surface area contributed by atoms with Crippen LogP contribution in [0, 0.1) is 0 Å². The van der Waals surface area contributed by atoms with Crippen LogP contribution in [0.25, 0.3) is 0 Å². The molecular weight excluding hydrogens is 246 g/mol. The minimum atomic E-state index is 0.342. The first-order valence-electron chi connectivity index (χ1n) is 4.67. The number of nitrogens with zero attached hydrogens (tertiary/aromatic N) is 2. The van der Waals surface area contributed by atoms with Crippen molar-refractivity contribution in [2.75, 3.05) is 12.4 Å². The van der Waals surface area contributed by atoms with Crippen molar-refractivity contribution in [3.63, 3.8) is 0 Å². The second-order valence-corrected chi connectivity index (χ2v) is 4.41. The molecule has 1 N–H and O–H groups in total. The van der Waals surface area contributed by atoms with Crippen molar-refractivity contribution in [1.29, 1.82) is 0 Å². The molecule has 4 nitrogen and oxygen atoms in total. The fourth-order valence-electron chi connectivity index (χ4n) is 1.15. The maximum absolute atomic E-state index is 5.86. The van der Waals surface area contributed by atoms with Crippen molar-refractivity contribution in [1.82, 2.24) is 9.59 Å². The molecule has 0 saturated heterocycles. The molecule has 2 aromatic rings. The molecule has 1 aromatic carbocycles. The highest BCUT2D eigenvalue weighted by Gasteiger charge is 2.05. The summed E-state index contributed by atoms with van der Waals surface area (Å²) < 4.78 is 9.83. The molecule has 1 aromatic heterocycles. The summed E-state index contributed by atoms with van der Waals surface area (Å²) in [5, 5.41) is 6.90. The Morgan fingerprint density at radius 2 is 2.12 bits per heavy atom. The quantitative estimate of drug-likeness (QED) is 0.913. The van der Waals surface area contributed by atoms with Gasteiger partial charge in [0.25, 0.3) is 0 Å². The van der Waals surface area contributed by atoms with Crippen LogP contribution >= 0.6 is 23.1 Å². The molecule has 0 aliphatic heterocycles. The Labute approximate surface area is 102 Å². The third-order valence-electron chi connectivity index (χ3n) is 2.03. The van der Waals surface area contributed by atoms with E-state index >= 15 is 0 Å². The summed E-state index contributed by atoms with van der Waals surface area (Å²) in [6.07, 6.45) is 0. The minimum Gasteiger partial charge on any atom is -0.487 e. The number of benzene rings is 1. The number of ether oxygens (including phenoxy) is 1. The van der Waals surface area contributed by atoms with Gasteiger partial charge in [-0.05, 0) is 24.3 Å². The molecule has 0 aliphatic carbocycles. The minimum absolute atomic E-state index is 0.342. The Hall–Kier alpha value is -1.33. The van der Waals surface area contributed by atoms with Gasteiger partial charge >= 0.3 is 0 Å². The summed E-state index contributed by atoms with van der Waals surface area (Å²) in [6, 6.07) is 7.66. The standard InChI is InChI=1S/C10H10ClN3OS/c1-12-7-2-4-8(5-3-7)15-6-9-10(11)16-14-13-9/h2-5,12H,6H2,1H3. The normalized spacial score (nSPS) is 10.1. The van der Waals surface area contributed by atoms with Crippen molar-refractivity contribution in [3.05, 3.63) is 34.3 Å². The number of anilines is 1. The molecule has 6 heteroatoms. The lowest BCUT2D eigenvalue weighted by Crippen LogP contribution is -1.96. The van der Waals surface area contributed by atoms with Crippen LogP contribution in [0.3, 0.4) is 0 Å². The molecule has 0 unspecified atom stereocenters. The van der Waals surface area contributed by atoms with Gasteiger partial charge in [0.2, 0.25) is 0 Å². The van der Waals surface area contributed by atoms with Gasteiger partial charge in [0, 0.05) is 24.3 Å². The Morgan fingerprint density at radius 3 is 2.69 bits per heavy atom. The molecule has 0 atom stereocenters. The number of halogens is 1. The van der Waals surface area contributed by atoms with Gasteiger partial charge in [-0.15, -0.1) is 5.10 Å². The van der Waals surface area contributed by atoms with Crippen LogP contribution in [0.5, 0.6) is 5.75 Å². The average molecular weight is 256 g/mol. The number of nitrogens with one attached hydrogen (secondary N) is 1. The van der Waals surface area contributed by atoms with Crippen LogP contribution in [-0.2, 0) is 6.61 Å². The van der Waals surface area contributed by atoms with E-state index < -0.39 is 0 Å². The van der Waals surface area contributed by atoms with E-state index in [-0.39, 0.29) is 0 Å². The summed E-state index contributed by atoms with van der Waals surface area (Å²) in [5.74, 6) is 0.781. The third-order valence-corrected chi connectivity index (χ3v) is 3.01. The summed E-state index contributed by atoms with van der Waals surface area (Å²) >= 11 is 7.02. The van der Waals surface area contributed by atoms with Crippen molar-refractivity contribution in [2.24, 2.45) is 0 Å². The van der Waals surface area contributed by atoms with E-state index in [9.17, 15) is 0 Å². The molecule has 16 heavy (non-hydrogen) atoms. The lowest BCUT2D eigenvalue weighted by Gasteiger charge is -2.05.